The van der Waals surface area contributed by atoms with E-state index in [1.807, 2.05) is 0 Å². The van der Waals surface area contributed by atoms with Crippen molar-refractivity contribution in [3.63, 3.8) is 0 Å². The second kappa shape index (κ2) is 7.88. The van der Waals surface area contributed by atoms with Crippen molar-refractivity contribution in [3.8, 4) is 0 Å². The minimum Gasteiger partial charge on any atom is -0.340 e. The highest BCUT2D eigenvalue weighted by molar-refractivity contribution is 7.89. The quantitative estimate of drug-likeness (QED) is 0.786. The predicted molar refractivity (Wildman–Crippen MR) is 105 cm³/mol. The number of nitrogens with one attached hydrogen (secondary N) is 2. The number of aromatic nitrogens is 3. The van der Waals surface area contributed by atoms with Crippen molar-refractivity contribution in [1.82, 2.24) is 19.5 Å². The Kier molecular flexibility index (Phi) is 5.31. The maximum Gasteiger partial charge on any atom is 0.258 e. The number of hydrogen-bond donors (Lipinski definition) is 2. The Morgan fingerprint density at radius 3 is 2.29 bits per heavy atom. The highest BCUT2D eigenvalue weighted by Gasteiger charge is 2.27. The maximum absolute atomic E-state index is 12.6. The summed E-state index contributed by atoms with van der Waals surface area (Å²) in [5.41, 5.74) is 0.358. The molecule has 2 saturated heterocycles. The Labute approximate surface area is 164 Å². The van der Waals surface area contributed by atoms with Crippen molar-refractivity contribution in [2.24, 2.45) is 0 Å². The van der Waals surface area contributed by atoms with E-state index in [2.05, 4.69) is 25.4 Å². The largest absolute Gasteiger partial charge is 0.340 e. The van der Waals surface area contributed by atoms with Gasteiger partial charge in [-0.05, 0) is 56.4 Å². The first kappa shape index (κ1) is 18.9. The zero-order chi connectivity index (χ0) is 19.6. The molecule has 2 aliphatic rings. The van der Waals surface area contributed by atoms with Crippen LogP contribution in [0.4, 0.5) is 11.9 Å². The van der Waals surface area contributed by atoms with Crippen LogP contribution in [0.1, 0.15) is 42.5 Å². The lowest BCUT2D eigenvalue weighted by Gasteiger charge is -2.24. The number of carbonyl (C=O) groups is 1. The van der Waals surface area contributed by atoms with Gasteiger partial charge in [-0.15, -0.1) is 5.10 Å². The number of amides is 1. The van der Waals surface area contributed by atoms with Crippen LogP contribution in [0, 0.1) is 0 Å². The lowest BCUT2D eigenvalue weighted by molar-refractivity contribution is 0.102. The molecule has 1 aromatic carbocycles. The average molecular weight is 404 g/mol. The van der Waals surface area contributed by atoms with Gasteiger partial charge in [-0.3, -0.25) is 10.1 Å². The topological polar surface area (TPSA) is 111 Å². The van der Waals surface area contributed by atoms with E-state index in [0.717, 1.165) is 38.8 Å². The minimum absolute atomic E-state index is 0.206. The van der Waals surface area contributed by atoms with Gasteiger partial charge in [0.25, 0.3) is 5.91 Å². The summed E-state index contributed by atoms with van der Waals surface area (Å²) in [4.78, 5) is 19.1. The molecule has 150 valence electrons. The summed E-state index contributed by atoms with van der Waals surface area (Å²) in [6.07, 6.45) is 5.21. The molecule has 2 aliphatic heterocycles. The van der Waals surface area contributed by atoms with Crippen LogP contribution < -0.4 is 10.2 Å². The number of rotatable bonds is 5. The van der Waals surface area contributed by atoms with Gasteiger partial charge in [0, 0.05) is 31.7 Å². The SMILES string of the molecule is O=C(Nc1nc(N2CCCCC2)n[nH]1)c1ccc(S(=O)(=O)N2CCCC2)cc1. The second-order valence-corrected chi connectivity index (χ2v) is 9.06. The van der Waals surface area contributed by atoms with E-state index in [-0.39, 0.29) is 16.8 Å². The Morgan fingerprint density at radius 1 is 0.964 bits per heavy atom. The molecule has 0 unspecified atom stereocenters. The maximum atomic E-state index is 12.6. The molecule has 2 N–H and O–H groups in total. The van der Waals surface area contributed by atoms with Gasteiger partial charge < -0.3 is 4.90 Å². The van der Waals surface area contributed by atoms with Crippen molar-refractivity contribution in [3.05, 3.63) is 29.8 Å². The standard InChI is InChI=1S/C18H24N6O3S/c25-16(19-17-20-18(22-21-17)23-10-2-1-3-11-23)14-6-8-15(9-7-14)28(26,27)24-12-4-5-13-24/h6-9H,1-5,10-13H2,(H2,19,20,21,22,25). The van der Waals surface area contributed by atoms with E-state index < -0.39 is 10.0 Å². The summed E-state index contributed by atoms with van der Waals surface area (Å²) in [5.74, 6) is 0.493. The Morgan fingerprint density at radius 2 is 1.61 bits per heavy atom. The summed E-state index contributed by atoms with van der Waals surface area (Å²) < 4.78 is 26.6. The molecule has 0 bridgehead atoms. The van der Waals surface area contributed by atoms with Crippen LogP contribution in [-0.4, -0.2) is 60.0 Å². The van der Waals surface area contributed by atoms with E-state index in [1.54, 1.807) is 0 Å². The molecule has 3 heterocycles. The fourth-order valence-corrected chi connectivity index (χ4v) is 5.10. The number of aromatic amines is 1. The van der Waals surface area contributed by atoms with Crippen LogP contribution >= 0.6 is 0 Å². The molecule has 1 amide bonds. The fraction of sp³-hybridized carbons (Fsp3) is 0.500. The van der Waals surface area contributed by atoms with E-state index in [0.29, 0.717) is 24.6 Å². The van der Waals surface area contributed by atoms with Gasteiger partial charge >= 0.3 is 0 Å². The highest BCUT2D eigenvalue weighted by atomic mass is 32.2. The van der Waals surface area contributed by atoms with Gasteiger partial charge in [-0.25, -0.2) is 13.5 Å². The highest BCUT2D eigenvalue weighted by Crippen LogP contribution is 2.21. The number of hydrogen-bond acceptors (Lipinski definition) is 6. The number of nitrogens with zero attached hydrogens (tertiary/aromatic N) is 4. The molecule has 1 aromatic heterocycles. The number of piperidine rings is 1. The lowest BCUT2D eigenvalue weighted by atomic mass is 10.1. The zero-order valence-corrected chi connectivity index (χ0v) is 16.4. The summed E-state index contributed by atoms with van der Waals surface area (Å²) >= 11 is 0. The third-order valence-corrected chi connectivity index (χ3v) is 7.08. The molecule has 0 atom stereocenters. The first-order chi connectivity index (χ1) is 13.5. The predicted octanol–water partition coefficient (Wildman–Crippen LogP) is 1.83. The molecule has 10 heteroatoms. The molecule has 9 nitrogen and oxygen atoms in total. The van der Waals surface area contributed by atoms with E-state index >= 15 is 0 Å². The Bertz CT molecular complexity index is 928. The van der Waals surface area contributed by atoms with Crippen molar-refractivity contribution in [1.29, 1.82) is 0 Å². The molecular formula is C18H24N6O3S. The third-order valence-electron chi connectivity index (χ3n) is 5.16. The zero-order valence-electron chi connectivity index (χ0n) is 15.6. The van der Waals surface area contributed by atoms with E-state index in [1.165, 1.54) is 35.0 Å². The van der Waals surface area contributed by atoms with E-state index in [9.17, 15) is 13.2 Å². The number of carbonyl (C=O) groups excluding carboxylic acids is 1. The molecule has 28 heavy (non-hydrogen) atoms. The Hall–Kier alpha value is -2.46. The van der Waals surface area contributed by atoms with Gasteiger partial charge in [0.2, 0.25) is 21.9 Å². The van der Waals surface area contributed by atoms with Crippen LogP contribution in [0.5, 0.6) is 0 Å². The minimum atomic E-state index is -3.48. The molecule has 0 aliphatic carbocycles. The average Bonchev–Trinajstić information content (AvgIpc) is 3.41. The van der Waals surface area contributed by atoms with Crippen molar-refractivity contribution >= 4 is 27.8 Å². The van der Waals surface area contributed by atoms with Crippen molar-refractivity contribution < 1.29 is 13.2 Å². The van der Waals surface area contributed by atoms with Gasteiger partial charge in [0.05, 0.1) is 4.90 Å². The van der Waals surface area contributed by atoms with Crippen LogP contribution in [0.2, 0.25) is 0 Å². The summed E-state index contributed by atoms with van der Waals surface area (Å²) in [6, 6.07) is 5.98. The number of H-pyrrole nitrogens is 1. The molecule has 2 aromatic rings. The lowest BCUT2D eigenvalue weighted by Crippen LogP contribution is -2.30. The van der Waals surface area contributed by atoms with Crippen LogP contribution in [0.15, 0.2) is 29.2 Å². The van der Waals surface area contributed by atoms with Crippen molar-refractivity contribution in [2.45, 2.75) is 37.0 Å². The van der Waals surface area contributed by atoms with Gasteiger partial charge in [0.1, 0.15) is 0 Å². The van der Waals surface area contributed by atoms with Gasteiger partial charge in [-0.1, -0.05) is 0 Å². The van der Waals surface area contributed by atoms with Crippen LogP contribution in [0.3, 0.4) is 0 Å². The van der Waals surface area contributed by atoms with Gasteiger partial charge in [-0.2, -0.15) is 9.29 Å². The molecule has 0 spiro atoms. The van der Waals surface area contributed by atoms with Crippen molar-refractivity contribution in [2.75, 3.05) is 36.4 Å². The van der Waals surface area contributed by atoms with E-state index in [4.69, 9.17) is 0 Å². The third kappa shape index (κ3) is 3.88. The molecule has 2 fully saturated rings. The number of anilines is 2. The number of benzene rings is 1. The molecule has 0 radical (unpaired) electrons. The second-order valence-electron chi connectivity index (χ2n) is 7.12. The van der Waals surface area contributed by atoms with Crippen LogP contribution in [0.25, 0.3) is 0 Å². The molecular weight excluding hydrogens is 380 g/mol. The first-order valence-corrected chi connectivity index (χ1v) is 11.1. The summed E-state index contributed by atoms with van der Waals surface area (Å²) in [5, 5.41) is 9.58. The smallest absolute Gasteiger partial charge is 0.258 e. The molecule has 4 rings (SSSR count). The number of sulfonamides is 1. The normalized spacial score (nSPS) is 18.4. The fourth-order valence-electron chi connectivity index (χ4n) is 3.58. The van der Waals surface area contributed by atoms with Gasteiger partial charge in [0.15, 0.2) is 0 Å². The van der Waals surface area contributed by atoms with Crippen LogP contribution in [-0.2, 0) is 10.0 Å². The summed E-state index contributed by atoms with van der Waals surface area (Å²) in [6.45, 7) is 2.93. The first-order valence-electron chi connectivity index (χ1n) is 9.63. The Balaban J connectivity index is 1.42. The molecule has 0 saturated carbocycles. The summed E-state index contributed by atoms with van der Waals surface area (Å²) in [7, 11) is -3.48. The monoisotopic (exact) mass is 404 g/mol.